The quantitative estimate of drug-likeness (QED) is 0.732. The van der Waals surface area contributed by atoms with Crippen LogP contribution in [0.25, 0.3) is 0 Å². The Balaban J connectivity index is 1.50. The van der Waals surface area contributed by atoms with Crippen LogP contribution in [0.4, 0.5) is 0 Å². The van der Waals surface area contributed by atoms with Crippen molar-refractivity contribution in [1.82, 2.24) is 9.62 Å². The molecule has 1 fully saturated rings. The van der Waals surface area contributed by atoms with Gasteiger partial charge < -0.3 is 10.1 Å². The number of piperidine rings is 1. The van der Waals surface area contributed by atoms with Gasteiger partial charge in [-0.25, -0.2) is 8.42 Å². The number of benzene rings is 2. The van der Waals surface area contributed by atoms with E-state index in [1.807, 2.05) is 51.1 Å². The molecule has 0 saturated carbocycles. The molecule has 2 aromatic carbocycles. The Bertz CT molecular complexity index is 979. The van der Waals surface area contributed by atoms with E-state index in [0.29, 0.717) is 36.6 Å². The molecule has 0 radical (unpaired) electrons. The van der Waals surface area contributed by atoms with Gasteiger partial charge in [-0.15, -0.1) is 0 Å². The molecule has 0 aliphatic carbocycles. The minimum Gasteiger partial charge on any atom is -0.483 e. The predicted molar refractivity (Wildman–Crippen MR) is 117 cm³/mol. The van der Waals surface area contributed by atoms with E-state index in [2.05, 4.69) is 5.32 Å². The largest absolute Gasteiger partial charge is 0.483 e. The zero-order valence-corrected chi connectivity index (χ0v) is 18.7. The van der Waals surface area contributed by atoms with E-state index in [0.717, 1.165) is 23.1 Å². The van der Waals surface area contributed by atoms with Gasteiger partial charge in [0.05, 0.1) is 4.90 Å². The van der Waals surface area contributed by atoms with Gasteiger partial charge in [0.1, 0.15) is 5.75 Å². The van der Waals surface area contributed by atoms with Crippen molar-refractivity contribution in [2.75, 3.05) is 19.7 Å². The number of hydrogen-bond donors (Lipinski definition) is 1. The maximum Gasteiger partial charge on any atom is 0.258 e. The van der Waals surface area contributed by atoms with E-state index in [-0.39, 0.29) is 18.6 Å². The van der Waals surface area contributed by atoms with Crippen LogP contribution in [-0.4, -0.2) is 44.4 Å². The van der Waals surface area contributed by atoms with Gasteiger partial charge in [0.2, 0.25) is 10.0 Å². The van der Waals surface area contributed by atoms with Crippen molar-refractivity contribution >= 4 is 15.9 Å². The number of rotatable bonds is 7. The Hall–Kier alpha value is -2.38. The highest BCUT2D eigenvalue weighted by molar-refractivity contribution is 7.89. The van der Waals surface area contributed by atoms with Crippen LogP contribution in [-0.2, 0) is 21.2 Å². The predicted octanol–water partition coefficient (Wildman–Crippen LogP) is 3.21. The van der Waals surface area contributed by atoms with Gasteiger partial charge in [-0.2, -0.15) is 4.31 Å². The number of hydrogen-bond acceptors (Lipinski definition) is 4. The normalized spacial score (nSPS) is 15.7. The van der Waals surface area contributed by atoms with Gasteiger partial charge in [-0.1, -0.05) is 31.2 Å². The zero-order chi connectivity index (χ0) is 21.7. The van der Waals surface area contributed by atoms with E-state index in [1.165, 1.54) is 4.31 Å². The maximum absolute atomic E-state index is 12.9. The van der Waals surface area contributed by atoms with Gasteiger partial charge in [0, 0.05) is 19.1 Å². The highest BCUT2D eigenvalue weighted by atomic mass is 32.2. The molecule has 1 N–H and O–H groups in total. The van der Waals surface area contributed by atoms with Crippen LogP contribution in [0.3, 0.4) is 0 Å². The van der Waals surface area contributed by atoms with E-state index >= 15 is 0 Å². The molecule has 7 heteroatoms. The second kappa shape index (κ2) is 9.62. The third kappa shape index (κ3) is 5.21. The molecule has 2 aromatic rings. The van der Waals surface area contributed by atoms with Crippen molar-refractivity contribution in [2.24, 2.45) is 0 Å². The lowest BCUT2D eigenvalue weighted by atomic mass is 10.1. The number of nitrogens with one attached hydrogen (secondary N) is 1. The van der Waals surface area contributed by atoms with Gasteiger partial charge in [0.25, 0.3) is 5.91 Å². The van der Waals surface area contributed by atoms with E-state index in [4.69, 9.17) is 4.74 Å². The number of nitrogens with zero attached hydrogens (tertiary/aromatic N) is 1. The van der Waals surface area contributed by atoms with Gasteiger partial charge in [0.15, 0.2) is 6.61 Å². The Morgan fingerprint density at radius 3 is 2.40 bits per heavy atom. The summed E-state index contributed by atoms with van der Waals surface area (Å²) >= 11 is 0. The topological polar surface area (TPSA) is 75.7 Å². The Morgan fingerprint density at radius 1 is 1.10 bits per heavy atom. The third-order valence-corrected chi connectivity index (χ3v) is 7.61. The molecule has 3 rings (SSSR count). The van der Waals surface area contributed by atoms with Gasteiger partial charge in [-0.05, 0) is 68.0 Å². The highest BCUT2D eigenvalue weighted by Crippen LogP contribution is 2.22. The highest BCUT2D eigenvalue weighted by Gasteiger charge is 2.30. The smallest absolute Gasteiger partial charge is 0.258 e. The van der Waals surface area contributed by atoms with Crippen molar-refractivity contribution in [3.05, 3.63) is 59.2 Å². The lowest BCUT2D eigenvalue weighted by molar-refractivity contribution is -0.124. The summed E-state index contributed by atoms with van der Waals surface area (Å²) in [5.41, 5.74) is 3.25. The molecule has 0 unspecified atom stereocenters. The Morgan fingerprint density at radius 2 is 1.77 bits per heavy atom. The number of ether oxygens (including phenoxy) is 1. The molecule has 1 aliphatic heterocycles. The first-order chi connectivity index (χ1) is 14.3. The van der Waals surface area contributed by atoms with Gasteiger partial charge in [-0.3, -0.25) is 4.79 Å². The molecule has 6 nitrogen and oxygen atoms in total. The first kappa shape index (κ1) is 22.3. The number of carbonyl (C=O) groups excluding carboxylic acids is 1. The van der Waals surface area contributed by atoms with Crippen molar-refractivity contribution in [2.45, 2.75) is 51.0 Å². The molecule has 30 heavy (non-hydrogen) atoms. The molecular weight excluding hydrogens is 400 g/mol. The molecule has 1 amide bonds. The Kier molecular flexibility index (Phi) is 7.15. The first-order valence-electron chi connectivity index (χ1n) is 10.4. The minimum atomic E-state index is -3.50. The summed E-state index contributed by atoms with van der Waals surface area (Å²) in [5.74, 6) is 0.521. The fourth-order valence-electron chi connectivity index (χ4n) is 3.58. The van der Waals surface area contributed by atoms with E-state index in [1.54, 1.807) is 12.1 Å². The molecule has 162 valence electrons. The van der Waals surface area contributed by atoms with Gasteiger partial charge >= 0.3 is 0 Å². The zero-order valence-electron chi connectivity index (χ0n) is 17.8. The number of carbonyl (C=O) groups is 1. The summed E-state index contributed by atoms with van der Waals surface area (Å²) < 4.78 is 32.9. The second-order valence-corrected chi connectivity index (χ2v) is 9.67. The van der Waals surface area contributed by atoms with Crippen LogP contribution in [0.15, 0.2) is 47.4 Å². The van der Waals surface area contributed by atoms with Crippen LogP contribution >= 0.6 is 0 Å². The van der Waals surface area contributed by atoms with Crippen LogP contribution in [0.1, 0.15) is 36.5 Å². The van der Waals surface area contributed by atoms with Crippen LogP contribution in [0.2, 0.25) is 0 Å². The molecule has 1 heterocycles. The van der Waals surface area contributed by atoms with Crippen molar-refractivity contribution < 1.29 is 17.9 Å². The van der Waals surface area contributed by atoms with Crippen molar-refractivity contribution in [3.8, 4) is 5.75 Å². The minimum absolute atomic E-state index is 0.0476. The molecule has 0 spiro atoms. The fraction of sp³-hybridized carbons (Fsp3) is 0.435. The lowest BCUT2D eigenvalue weighted by Crippen LogP contribution is -2.47. The molecule has 0 bridgehead atoms. The Labute approximate surface area is 179 Å². The molecule has 0 aromatic heterocycles. The first-order valence-corrected chi connectivity index (χ1v) is 11.8. The van der Waals surface area contributed by atoms with E-state index < -0.39 is 10.0 Å². The maximum atomic E-state index is 12.9. The summed E-state index contributed by atoms with van der Waals surface area (Å²) in [6, 6.07) is 12.8. The summed E-state index contributed by atoms with van der Waals surface area (Å²) in [4.78, 5) is 12.6. The fourth-order valence-corrected chi connectivity index (χ4v) is 5.05. The van der Waals surface area contributed by atoms with E-state index in [9.17, 15) is 13.2 Å². The summed E-state index contributed by atoms with van der Waals surface area (Å²) in [6.07, 6.45) is 2.04. The summed E-state index contributed by atoms with van der Waals surface area (Å²) in [7, 11) is -3.50. The average molecular weight is 431 g/mol. The number of amides is 1. The standard InChI is InChI=1S/C23H30N2O4S/c1-4-19-8-10-21(11-9-19)30(27,28)25-14-12-20(13-15-25)24-23(26)16-29-22-7-5-6-17(2)18(22)3/h5-11,20H,4,12-16H2,1-3H3,(H,24,26). The molecule has 0 atom stereocenters. The van der Waals surface area contributed by atoms with Crippen molar-refractivity contribution in [1.29, 1.82) is 0 Å². The molecule has 1 saturated heterocycles. The third-order valence-electron chi connectivity index (χ3n) is 5.70. The second-order valence-electron chi connectivity index (χ2n) is 7.73. The van der Waals surface area contributed by atoms with Crippen LogP contribution < -0.4 is 10.1 Å². The van der Waals surface area contributed by atoms with Crippen LogP contribution in [0, 0.1) is 13.8 Å². The average Bonchev–Trinajstić information content (AvgIpc) is 2.75. The number of sulfonamides is 1. The molecular formula is C23H30N2O4S. The van der Waals surface area contributed by atoms with Crippen LogP contribution in [0.5, 0.6) is 5.75 Å². The SMILES string of the molecule is CCc1ccc(S(=O)(=O)N2CCC(NC(=O)COc3cccc(C)c3C)CC2)cc1. The summed E-state index contributed by atoms with van der Waals surface area (Å²) in [6.45, 7) is 6.74. The lowest BCUT2D eigenvalue weighted by Gasteiger charge is -2.31. The monoisotopic (exact) mass is 430 g/mol. The number of aryl methyl sites for hydroxylation is 2. The molecule has 1 aliphatic rings. The van der Waals surface area contributed by atoms with Crippen molar-refractivity contribution in [3.63, 3.8) is 0 Å². The summed E-state index contributed by atoms with van der Waals surface area (Å²) in [5, 5.41) is 2.96.